The Kier molecular flexibility index (Phi) is 6.32. The Bertz CT molecular complexity index is 860. The molecule has 2 aromatic carbocycles. The lowest BCUT2D eigenvalue weighted by Gasteiger charge is -2.24. The SMILES string of the molecule is NNC(=O)CN(c1ccc(I)cc1)S(=O)(=O)c1ccc(Cl)c(Cl)c1. The Morgan fingerprint density at radius 2 is 1.75 bits per heavy atom. The average Bonchev–Trinajstić information content (AvgIpc) is 2.55. The number of rotatable bonds is 5. The van der Waals surface area contributed by atoms with Gasteiger partial charge >= 0.3 is 0 Å². The third-order valence-corrected chi connectivity index (χ3v) is 6.27. The van der Waals surface area contributed by atoms with Gasteiger partial charge in [-0.2, -0.15) is 0 Å². The van der Waals surface area contributed by atoms with Crippen LogP contribution in [0.3, 0.4) is 0 Å². The van der Waals surface area contributed by atoms with Gasteiger partial charge in [0.25, 0.3) is 15.9 Å². The van der Waals surface area contributed by atoms with Gasteiger partial charge in [0.15, 0.2) is 0 Å². The number of carbonyl (C=O) groups is 1. The van der Waals surface area contributed by atoms with Crippen LogP contribution in [0.25, 0.3) is 0 Å². The van der Waals surface area contributed by atoms with Gasteiger partial charge in [0.1, 0.15) is 6.54 Å². The summed E-state index contributed by atoms with van der Waals surface area (Å²) >= 11 is 13.8. The molecule has 0 aliphatic heterocycles. The normalized spacial score (nSPS) is 11.2. The molecule has 0 unspecified atom stereocenters. The van der Waals surface area contributed by atoms with Crippen molar-refractivity contribution in [1.82, 2.24) is 5.43 Å². The summed E-state index contributed by atoms with van der Waals surface area (Å²) in [7, 11) is -4.04. The van der Waals surface area contributed by atoms with Crippen LogP contribution in [-0.2, 0) is 14.8 Å². The number of benzene rings is 2. The Morgan fingerprint density at radius 1 is 1.12 bits per heavy atom. The molecule has 0 spiro atoms. The fourth-order valence-electron chi connectivity index (χ4n) is 1.86. The first-order valence-electron chi connectivity index (χ1n) is 6.48. The van der Waals surface area contributed by atoms with Crippen molar-refractivity contribution in [1.29, 1.82) is 0 Å². The van der Waals surface area contributed by atoms with Crippen LogP contribution in [0.4, 0.5) is 5.69 Å². The minimum absolute atomic E-state index is 0.0831. The van der Waals surface area contributed by atoms with Gasteiger partial charge in [0.2, 0.25) is 0 Å². The van der Waals surface area contributed by atoms with Crippen molar-refractivity contribution in [2.24, 2.45) is 5.84 Å². The van der Waals surface area contributed by atoms with Crippen LogP contribution in [0, 0.1) is 3.57 Å². The van der Waals surface area contributed by atoms with E-state index in [4.69, 9.17) is 29.0 Å². The molecule has 0 aromatic heterocycles. The van der Waals surface area contributed by atoms with E-state index in [9.17, 15) is 13.2 Å². The van der Waals surface area contributed by atoms with Crippen molar-refractivity contribution >= 4 is 67.4 Å². The Hall–Kier alpha value is -1.07. The fourth-order valence-corrected chi connectivity index (χ4v) is 4.03. The molecule has 0 aliphatic carbocycles. The van der Waals surface area contributed by atoms with Crippen molar-refractivity contribution in [3.63, 3.8) is 0 Å². The van der Waals surface area contributed by atoms with Gasteiger partial charge in [-0.05, 0) is 65.1 Å². The summed E-state index contributed by atoms with van der Waals surface area (Å²) in [6.45, 7) is -0.473. The zero-order valence-corrected chi connectivity index (χ0v) is 16.5. The first-order chi connectivity index (χ1) is 11.3. The van der Waals surface area contributed by atoms with Crippen molar-refractivity contribution in [2.45, 2.75) is 4.90 Å². The number of carbonyl (C=O) groups excluding carboxylic acids is 1. The molecule has 0 atom stereocenters. The number of amides is 1. The molecule has 0 radical (unpaired) electrons. The molecule has 128 valence electrons. The number of hydrogen-bond acceptors (Lipinski definition) is 4. The first kappa shape index (κ1) is 19.3. The molecule has 24 heavy (non-hydrogen) atoms. The lowest BCUT2D eigenvalue weighted by molar-refractivity contribution is -0.119. The van der Waals surface area contributed by atoms with E-state index in [1.54, 1.807) is 24.3 Å². The van der Waals surface area contributed by atoms with Gasteiger partial charge in [-0.15, -0.1) is 0 Å². The molecule has 3 N–H and O–H groups in total. The van der Waals surface area contributed by atoms with Gasteiger partial charge in [-0.3, -0.25) is 14.5 Å². The van der Waals surface area contributed by atoms with Crippen LogP contribution >= 0.6 is 45.8 Å². The number of halogens is 3. The second kappa shape index (κ2) is 7.87. The van der Waals surface area contributed by atoms with E-state index < -0.39 is 22.5 Å². The highest BCUT2D eigenvalue weighted by atomic mass is 127. The van der Waals surface area contributed by atoms with Crippen molar-refractivity contribution < 1.29 is 13.2 Å². The molecule has 2 rings (SSSR count). The molecular weight excluding hydrogens is 488 g/mol. The lowest BCUT2D eigenvalue weighted by atomic mass is 10.3. The van der Waals surface area contributed by atoms with Gasteiger partial charge in [-0.1, -0.05) is 23.2 Å². The maximum atomic E-state index is 12.9. The number of hydrogen-bond donors (Lipinski definition) is 2. The molecule has 0 heterocycles. The van der Waals surface area contributed by atoms with E-state index in [0.717, 1.165) is 7.88 Å². The van der Waals surface area contributed by atoms with Crippen molar-refractivity contribution in [3.8, 4) is 0 Å². The van der Waals surface area contributed by atoms with E-state index in [1.165, 1.54) is 18.2 Å². The number of nitrogens with two attached hydrogens (primary N) is 1. The summed E-state index contributed by atoms with van der Waals surface area (Å²) < 4.78 is 27.7. The monoisotopic (exact) mass is 499 g/mol. The molecule has 10 heteroatoms. The van der Waals surface area contributed by atoms with Crippen LogP contribution in [0.1, 0.15) is 0 Å². The highest BCUT2D eigenvalue weighted by Gasteiger charge is 2.27. The van der Waals surface area contributed by atoms with E-state index in [1.807, 2.05) is 5.43 Å². The molecule has 2 aromatic rings. The maximum Gasteiger partial charge on any atom is 0.264 e. The Balaban J connectivity index is 2.53. The van der Waals surface area contributed by atoms with Crippen LogP contribution < -0.4 is 15.6 Å². The average molecular weight is 500 g/mol. The molecule has 0 fully saturated rings. The van der Waals surface area contributed by atoms with Crippen LogP contribution in [0.15, 0.2) is 47.4 Å². The lowest BCUT2D eigenvalue weighted by Crippen LogP contribution is -2.43. The number of nitrogens with zero attached hydrogens (tertiary/aromatic N) is 1. The number of anilines is 1. The number of sulfonamides is 1. The molecule has 6 nitrogen and oxygen atoms in total. The van der Waals surface area contributed by atoms with E-state index in [0.29, 0.717) is 5.69 Å². The van der Waals surface area contributed by atoms with Crippen molar-refractivity contribution in [3.05, 3.63) is 56.1 Å². The topological polar surface area (TPSA) is 92.5 Å². The third kappa shape index (κ3) is 4.31. The zero-order valence-electron chi connectivity index (χ0n) is 12.0. The Labute approximate surface area is 163 Å². The Morgan fingerprint density at radius 3 is 2.29 bits per heavy atom. The number of nitrogens with one attached hydrogen (secondary N) is 1. The fraction of sp³-hybridized carbons (Fsp3) is 0.0714. The second-order valence-electron chi connectivity index (χ2n) is 4.63. The summed E-state index contributed by atoms with van der Waals surface area (Å²) in [6.07, 6.45) is 0. The van der Waals surface area contributed by atoms with Gasteiger partial charge in [0, 0.05) is 3.57 Å². The molecular formula is C14H12Cl2IN3O3S. The van der Waals surface area contributed by atoms with E-state index in [-0.39, 0.29) is 14.9 Å². The van der Waals surface area contributed by atoms with Crippen LogP contribution in [-0.4, -0.2) is 20.9 Å². The highest BCUT2D eigenvalue weighted by Crippen LogP contribution is 2.29. The first-order valence-corrected chi connectivity index (χ1v) is 9.76. The van der Waals surface area contributed by atoms with Gasteiger partial charge < -0.3 is 0 Å². The van der Waals surface area contributed by atoms with E-state index >= 15 is 0 Å². The summed E-state index contributed by atoms with van der Waals surface area (Å²) in [4.78, 5) is 11.6. The molecule has 0 saturated carbocycles. The predicted octanol–water partition coefficient (Wildman–Crippen LogP) is 2.78. The maximum absolute atomic E-state index is 12.9. The zero-order chi connectivity index (χ0) is 17.9. The summed E-state index contributed by atoms with van der Waals surface area (Å²) in [5.41, 5.74) is 2.25. The summed E-state index contributed by atoms with van der Waals surface area (Å²) in [5.74, 6) is 4.43. The second-order valence-corrected chi connectivity index (χ2v) is 8.55. The smallest absolute Gasteiger partial charge is 0.264 e. The summed E-state index contributed by atoms with van der Waals surface area (Å²) in [6, 6.07) is 10.6. The van der Waals surface area contributed by atoms with Gasteiger partial charge in [0.05, 0.1) is 20.6 Å². The predicted molar refractivity (Wildman–Crippen MR) is 102 cm³/mol. The molecule has 0 bridgehead atoms. The highest BCUT2D eigenvalue weighted by molar-refractivity contribution is 14.1. The molecule has 0 aliphatic rings. The van der Waals surface area contributed by atoms with Crippen molar-refractivity contribution in [2.75, 3.05) is 10.8 Å². The van der Waals surface area contributed by atoms with E-state index in [2.05, 4.69) is 22.6 Å². The summed E-state index contributed by atoms with van der Waals surface area (Å²) in [5, 5.41) is 0.333. The van der Waals surface area contributed by atoms with Crippen LogP contribution in [0.2, 0.25) is 10.0 Å². The number of hydrazine groups is 1. The standard InChI is InChI=1S/C14H12Cl2IN3O3S/c15-12-6-5-11(7-13(12)16)24(22,23)20(8-14(21)19-18)10-3-1-9(17)2-4-10/h1-7H,8,18H2,(H,19,21). The largest absolute Gasteiger partial charge is 0.293 e. The minimum Gasteiger partial charge on any atom is -0.293 e. The minimum atomic E-state index is -4.04. The van der Waals surface area contributed by atoms with Gasteiger partial charge in [-0.25, -0.2) is 14.3 Å². The molecule has 0 saturated heterocycles. The molecule has 1 amide bonds. The van der Waals surface area contributed by atoms with Crippen LogP contribution in [0.5, 0.6) is 0 Å². The quantitative estimate of drug-likeness (QED) is 0.286. The third-order valence-electron chi connectivity index (χ3n) is 3.04.